The van der Waals surface area contributed by atoms with Gasteiger partial charge in [0.15, 0.2) is 0 Å². The minimum absolute atomic E-state index is 0.219. The van der Waals surface area contributed by atoms with Crippen LogP contribution in [0.25, 0.3) is 0 Å². The normalized spacial score (nSPS) is 10.6. The number of nitrogen functional groups attached to an aromatic ring is 1. The summed E-state index contributed by atoms with van der Waals surface area (Å²) in [7, 11) is 1.54. The van der Waals surface area contributed by atoms with E-state index in [1.807, 2.05) is 0 Å². The van der Waals surface area contributed by atoms with Crippen LogP contribution in [0.1, 0.15) is 0 Å². The van der Waals surface area contributed by atoms with Crippen LogP contribution in [0.15, 0.2) is 23.3 Å². The summed E-state index contributed by atoms with van der Waals surface area (Å²) in [6.45, 7) is -0.238. The maximum atomic E-state index is 11.9. The van der Waals surface area contributed by atoms with Gasteiger partial charge >= 0.3 is 5.69 Å². The zero-order valence-electron chi connectivity index (χ0n) is 10.4. The fraction of sp³-hybridized carbons (Fsp3) is 0.182. The monoisotopic (exact) mass is 315 g/mol. The third-order valence-electron chi connectivity index (χ3n) is 2.53. The average Bonchev–Trinajstić information content (AvgIpc) is 2.66. The van der Waals surface area contributed by atoms with Crippen molar-refractivity contribution in [1.29, 1.82) is 0 Å². The number of aryl methyl sites for hydroxylation is 1. The third-order valence-corrected chi connectivity index (χ3v) is 3.05. The predicted molar refractivity (Wildman–Crippen MR) is 77.0 cm³/mol. The molecular weight excluding hydrogens is 305 g/mol. The average molecular weight is 316 g/mol. The third kappa shape index (κ3) is 2.94. The number of benzene rings is 1. The van der Waals surface area contributed by atoms with Gasteiger partial charge in [-0.3, -0.25) is 9.36 Å². The Hall–Kier alpha value is -1.99. The summed E-state index contributed by atoms with van der Waals surface area (Å²) in [5, 5.41) is 6.89. The molecule has 20 heavy (non-hydrogen) atoms. The molecule has 0 spiro atoms. The van der Waals surface area contributed by atoms with Crippen molar-refractivity contribution in [1.82, 2.24) is 14.3 Å². The lowest BCUT2D eigenvalue weighted by molar-refractivity contribution is -0.117. The largest absolute Gasteiger partial charge is 0.397 e. The van der Waals surface area contributed by atoms with E-state index in [1.54, 1.807) is 0 Å². The zero-order chi connectivity index (χ0) is 14.9. The first-order chi connectivity index (χ1) is 9.38. The smallest absolute Gasteiger partial charge is 0.345 e. The molecule has 1 heterocycles. The number of hydrogen-bond acceptors (Lipinski definition) is 4. The molecule has 1 aromatic heterocycles. The van der Waals surface area contributed by atoms with Crippen LogP contribution in [0.5, 0.6) is 0 Å². The Balaban J connectivity index is 2.17. The maximum Gasteiger partial charge on any atom is 0.345 e. The molecule has 0 bridgehead atoms. The molecule has 106 valence electrons. The van der Waals surface area contributed by atoms with Gasteiger partial charge in [-0.25, -0.2) is 9.48 Å². The van der Waals surface area contributed by atoms with Crippen molar-refractivity contribution in [3.63, 3.8) is 0 Å². The molecule has 0 unspecified atom stereocenters. The Morgan fingerprint density at radius 2 is 2.15 bits per heavy atom. The van der Waals surface area contributed by atoms with Gasteiger partial charge in [0.05, 0.1) is 16.4 Å². The van der Waals surface area contributed by atoms with Crippen molar-refractivity contribution in [2.24, 2.45) is 7.05 Å². The first-order valence-electron chi connectivity index (χ1n) is 5.51. The lowest BCUT2D eigenvalue weighted by atomic mass is 10.2. The van der Waals surface area contributed by atoms with E-state index in [9.17, 15) is 9.59 Å². The molecular formula is C11H11Cl2N5O2. The van der Waals surface area contributed by atoms with Gasteiger partial charge in [-0.05, 0) is 12.1 Å². The lowest BCUT2D eigenvalue weighted by Crippen LogP contribution is -2.29. The number of carbonyl (C=O) groups excluding carboxylic acids is 1. The van der Waals surface area contributed by atoms with Crippen LogP contribution in [0.2, 0.25) is 10.0 Å². The topological polar surface area (TPSA) is 94.9 Å². The number of aromatic nitrogens is 3. The molecule has 0 aliphatic heterocycles. The Morgan fingerprint density at radius 1 is 1.45 bits per heavy atom. The van der Waals surface area contributed by atoms with Gasteiger partial charge in [-0.1, -0.05) is 23.2 Å². The number of hydrogen-bond donors (Lipinski definition) is 2. The van der Waals surface area contributed by atoms with Crippen LogP contribution in [-0.2, 0) is 18.4 Å². The molecule has 0 fully saturated rings. The van der Waals surface area contributed by atoms with Crippen LogP contribution in [0.3, 0.4) is 0 Å². The number of anilines is 2. The number of carbonyl (C=O) groups is 1. The first-order valence-corrected chi connectivity index (χ1v) is 6.27. The van der Waals surface area contributed by atoms with Crippen molar-refractivity contribution in [3.8, 4) is 0 Å². The van der Waals surface area contributed by atoms with Gasteiger partial charge in [0.2, 0.25) is 5.91 Å². The van der Waals surface area contributed by atoms with Crippen LogP contribution in [0, 0.1) is 0 Å². The van der Waals surface area contributed by atoms with Crippen LogP contribution >= 0.6 is 23.2 Å². The summed E-state index contributed by atoms with van der Waals surface area (Å²) >= 11 is 11.7. The second-order valence-electron chi connectivity index (χ2n) is 4.08. The number of nitrogens with one attached hydrogen (secondary N) is 1. The zero-order valence-corrected chi connectivity index (χ0v) is 11.9. The Kier molecular flexibility index (Phi) is 4.01. The van der Waals surface area contributed by atoms with E-state index in [2.05, 4.69) is 10.4 Å². The van der Waals surface area contributed by atoms with Gasteiger partial charge in [0.1, 0.15) is 12.9 Å². The minimum Gasteiger partial charge on any atom is -0.397 e. The molecule has 1 amide bonds. The number of nitrogens with two attached hydrogens (primary N) is 1. The number of halogens is 2. The fourth-order valence-corrected chi connectivity index (χ4v) is 2.13. The van der Waals surface area contributed by atoms with Gasteiger partial charge in [0, 0.05) is 12.1 Å². The molecule has 3 N–H and O–H groups in total. The Bertz CT molecular complexity index is 699. The van der Waals surface area contributed by atoms with E-state index in [1.165, 1.54) is 30.1 Å². The lowest BCUT2D eigenvalue weighted by Gasteiger charge is -2.10. The second-order valence-corrected chi connectivity index (χ2v) is 4.93. The molecule has 0 atom stereocenters. The minimum atomic E-state index is -0.471. The van der Waals surface area contributed by atoms with E-state index in [-0.39, 0.29) is 22.9 Å². The van der Waals surface area contributed by atoms with Crippen molar-refractivity contribution in [2.75, 3.05) is 11.1 Å². The summed E-state index contributed by atoms with van der Waals surface area (Å²) < 4.78 is 2.28. The second kappa shape index (κ2) is 5.56. The first kappa shape index (κ1) is 14.4. The van der Waals surface area contributed by atoms with Crippen LogP contribution in [-0.4, -0.2) is 20.3 Å². The molecule has 0 saturated heterocycles. The van der Waals surface area contributed by atoms with Gasteiger partial charge in [-0.2, -0.15) is 5.10 Å². The molecule has 0 aliphatic carbocycles. The summed E-state index contributed by atoms with van der Waals surface area (Å²) in [4.78, 5) is 23.4. The highest BCUT2D eigenvalue weighted by atomic mass is 35.5. The summed E-state index contributed by atoms with van der Waals surface area (Å²) in [5.41, 5.74) is 5.83. The van der Waals surface area contributed by atoms with E-state index in [4.69, 9.17) is 28.9 Å². The van der Waals surface area contributed by atoms with Crippen LogP contribution < -0.4 is 16.7 Å². The van der Waals surface area contributed by atoms with E-state index in [0.717, 1.165) is 4.68 Å². The highest BCUT2D eigenvalue weighted by molar-refractivity contribution is 6.37. The molecule has 1 aromatic carbocycles. The van der Waals surface area contributed by atoms with E-state index < -0.39 is 11.6 Å². The maximum absolute atomic E-state index is 11.9. The highest BCUT2D eigenvalue weighted by Crippen LogP contribution is 2.31. The molecule has 2 aromatic rings. The summed E-state index contributed by atoms with van der Waals surface area (Å²) in [6.07, 6.45) is 1.32. The number of nitrogens with zero attached hydrogens (tertiary/aromatic N) is 3. The molecule has 0 saturated carbocycles. The van der Waals surface area contributed by atoms with Crippen molar-refractivity contribution in [3.05, 3.63) is 39.0 Å². The SMILES string of the molecule is Cn1cnn(CC(=O)Nc2c(N)cc(Cl)cc2Cl)c1=O. The molecule has 7 nitrogen and oxygen atoms in total. The van der Waals surface area contributed by atoms with E-state index in [0.29, 0.717) is 5.02 Å². The van der Waals surface area contributed by atoms with Crippen LogP contribution in [0.4, 0.5) is 11.4 Å². The fourth-order valence-electron chi connectivity index (χ4n) is 1.57. The van der Waals surface area contributed by atoms with Crippen molar-refractivity contribution < 1.29 is 4.79 Å². The van der Waals surface area contributed by atoms with Gasteiger partial charge < -0.3 is 11.1 Å². The Morgan fingerprint density at radius 3 is 2.70 bits per heavy atom. The standard InChI is InChI=1S/C11H11Cl2N5O2/c1-17-5-15-18(11(17)20)4-9(19)16-10-7(13)2-6(12)3-8(10)14/h2-3,5H,4,14H2,1H3,(H,16,19). The summed E-state index contributed by atoms with van der Waals surface area (Å²) in [6, 6.07) is 2.93. The molecule has 2 rings (SSSR count). The molecule has 0 radical (unpaired) electrons. The molecule has 9 heteroatoms. The number of rotatable bonds is 3. The summed E-state index contributed by atoms with van der Waals surface area (Å²) in [5.74, 6) is -0.471. The van der Waals surface area contributed by atoms with Gasteiger partial charge in [-0.15, -0.1) is 0 Å². The van der Waals surface area contributed by atoms with Crippen molar-refractivity contribution in [2.45, 2.75) is 6.54 Å². The number of amides is 1. The Labute approximate surface area is 123 Å². The quantitative estimate of drug-likeness (QED) is 0.829. The predicted octanol–water partition coefficient (Wildman–Crippen LogP) is 1.11. The highest BCUT2D eigenvalue weighted by Gasteiger charge is 2.13. The van der Waals surface area contributed by atoms with Gasteiger partial charge in [0.25, 0.3) is 0 Å². The van der Waals surface area contributed by atoms with Crippen molar-refractivity contribution >= 4 is 40.5 Å². The van der Waals surface area contributed by atoms with E-state index >= 15 is 0 Å². The molecule has 0 aliphatic rings.